The molecule has 0 aromatic rings. The maximum absolute atomic E-state index is 0. The molecule has 0 aliphatic carbocycles. The van der Waals surface area contributed by atoms with Crippen LogP contribution in [-0.2, 0) is 32.7 Å². The number of rotatable bonds is 0. The molecule has 4 heavy (non-hydrogen) atoms. The standard InChI is InChI=1S/Li.H2O.H4Si.Y.H/h;1H2;1H4;;/q+1;;;;-1. The Kier molecular flexibility index (Phi) is 206. The Bertz CT molecular complexity index is 11.6. The summed E-state index contributed by atoms with van der Waals surface area (Å²) in [6.07, 6.45) is 0. The Balaban J connectivity index is 0. The first kappa shape index (κ1) is 39.7. The number of hydrogen-bond donors (Lipinski definition) is 0. The molecular weight excluding hydrogens is 140 g/mol. The van der Waals surface area contributed by atoms with E-state index in [2.05, 4.69) is 0 Å². The minimum atomic E-state index is 0. The zero-order chi connectivity index (χ0) is 0. The molecule has 0 aliphatic rings. The van der Waals surface area contributed by atoms with Crippen LogP contribution in [0.25, 0.3) is 0 Å². The first-order chi connectivity index (χ1) is 0. The molecule has 0 bridgehead atoms. The van der Waals surface area contributed by atoms with Crippen molar-refractivity contribution in [2.24, 2.45) is 0 Å². The first-order valence-electron chi connectivity index (χ1n) is 0. The normalized spacial score (nSPS) is 0. The van der Waals surface area contributed by atoms with Crippen LogP contribution in [0, 0.1) is 0 Å². The second-order valence-corrected chi connectivity index (χ2v) is 0. The van der Waals surface area contributed by atoms with Gasteiger partial charge in [-0.15, -0.1) is 0 Å². The molecule has 0 aliphatic heterocycles. The molecule has 0 rings (SSSR count). The molecule has 0 saturated heterocycles. The van der Waals surface area contributed by atoms with Gasteiger partial charge in [0.1, 0.15) is 0 Å². The second kappa shape index (κ2) is 20.8. The molecule has 0 heterocycles. The van der Waals surface area contributed by atoms with Gasteiger partial charge in [0, 0.05) is 32.7 Å². The van der Waals surface area contributed by atoms with Crippen LogP contribution in [0.1, 0.15) is 1.43 Å². The van der Waals surface area contributed by atoms with Crippen molar-refractivity contribution in [3.8, 4) is 0 Å². The quantitative estimate of drug-likeness (QED) is 0.307. The van der Waals surface area contributed by atoms with Gasteiger partial charge < -0.3 is 6.90 Å². The minimum absolute atomic E-state index is 0. The van der Waals surface area contributed by atoms with E-state index in [-0.39, 0.29) is 69.4 Å². The van der Waals surface area contributed by atoms with Gasteiger partial charge in [-0.25, -0.2) is 0 Å². The molecule has 21 valence electrons. The van der Waals surface area contributed by atoms with Crippen molar-refractivity contribution in [1.29, 1.82) is 0 Å². The van der Waals surface area contributed by atoms with E-state index in [1.807, 2.05) is 0 Å². The van der Waals surface area contributed by atoms with Gasteiger partial charge in [-0.1, -0.05) is 0 Å². The fraction of sp³-hybridized carbons (Fsp3) is 0. The average Bonchev–Trinajstić information content (AvgIpc) is 0. The minimum Gasteiger partial charge on any atom is -1.00 e. The smallest absolute Gasteiger partial charge is 1.00 e. The van der Waals surface area contributed by atoms with E-state index < -0.39 is 0 Å². The molecule has 4 heteroatoms. The van der Waals surface area contributed by atoms with E-state index >= 15 is 0 Å². The second-order valence-electron chi connectivity index (χ2n) is 0. The average molecular weight is 147 g/mol. The summed E-state index contributed by atoms with van der Waals surface area (Å²) in [4.78, 5) is 0. The van der Waals surface area contributed by atoms with Crippen molar-refractivity contribution >= 4 is 11.0 Å². The van der Waals surface area contributed by atoms with Gasteiger partial charge in [0.05, 0.1) is 0 Å². The molecule has 1 radical (unpaired) electrons. The fourth-order valence-corrected chi connectivity index (χ4v) is 0. The summed E-state index contributed by atoms with van der Waals surface area (Å²) in [6, 6.07) is 0. The molecule has 1 nitrogen and oxygen atoms in total. The third kappa shape index (κ3) is 9.11. The topological polar surface area (TPSA) is 31.5 Å². The Morgan fingerprint density at radius 2 is 1.25 bits per heavy atom. The van der Waals surface area contributed by atoms with E-state index in [1.165, 1.54) is 0 Å². The predicted octanol–water partition coefficient (Wildman–Crippen LogP) is -5.16. The van der Waals surface area contributed by atoms with E-state index in [0.717, 1.165) is 0 Å². The van der Waals surface area contributed by atoms with E-state index in [4.69, 9.17) is 0 Å². The van der Waals surface area contributed by atoms with Crippen LogP contribution < -0.4 is 18.9 Å². The maximum Gasteiger partial charge on any atom is 1.00 e. The summed E-state index contributed by atoms with van der Waals surface area (Å²) in [7, 11) is 0. The SMILES string of the molecule is O.[H-].[Li+].[SiH4].[Y]. The predicted molar refractivity (Wildman–Crippen MR) is 16.1 cm³/mol. The summed E-state index contributed by atoms with van der Waals surface area (Å²) in [5, 5.41) is 0. The Morgan fingerprint density at radius 3 is 1.25 bits per heavy atom. The number of hydrogen-bond acceptors (Lipinski definition) is 0. The van der Waals surface area contributed by atoms with E-state index in [1.54, 1.807) is 0 Å². The maximum atomic E-state index is 0. The first-order valence-corrected chi connectivity index (χ1v) is 0. The van der Waals surface area contributed by atoms with Gasteiger partial charge in [0.15, 0.2) is 0 Å². The zero-order valence-corrected chi connectivity index (χ0v) is 4.92. The van der Waals surface area contributed by atoms with Gasteiger partial charge >= 0.3 is 18.9 Å². The zero-order valence-electron chi connectivity index (χ0n) is 3.08. The molecule has 0 aromatic carbocycles. The van der Waals surface area contributed by atoms with Crippen molar-refractivity contribution in [2.75, 3.05) is 0 Å². The molecule has 2 N–H and O–H groups in total. The van der Waals surface area contributed by atoms with E-state index in [0.29, 0.717) is 0 Å². The van der Waals surface area contributed by atoms with Crippen molar-refractivity contribution < 1.29 is 58.5 Å². The fourth-order valence-electron chi connectivity index (χ4n) is 0. The van der Waals surface area contributed by atoms with E-state index in [9.17, 15) is 0 Å². The van der Waals surface area contributed by atoms with Crippen LogP contribution >= 0.6 is 0 Å². The van der Waals surface area contributed by atoms with Crippen LogP contribution in [0.15, 0.2) is 0 Å². The molecular formula is H7LiOSiY. The summed E-state index contributed by atoms with van der Waals surface area (Å²) in [5.41, 5.74) is 0. The summed E-state index contributed by atoms with van der Waals surface area (Å²) < 4.78 is 0. The van der Waals surface area contributed by atoms with Crippen LogP contribution in [0.4, 0.5) is 0 Å². The van der Waals surface area contributed by atoms with Crippen LogP contribution in [0.5, 0.6) is 0 Å². The largest absolute Gasteiger partial charge is 1.00 e. The molecule has 0 unspecified atom stereocenters. The van der Waals surface area contributed by atoms with Crippen LogP contribution in [0.3, 0.4) is 0 Å². The Hall–Kier alpha value is 1.88. The van der Waals surface area contributed by atoms with Gasteiger partial charge in [0.25, 0.3) is 0 Å². The van der Waals surface area contributed by atoms with Crippen LogP contribution in [-0.4, -0.2) is 16.4 Å². The van der Waals surface area contributed by atoms with Gasteiger partial charge in [-0.2, -0.15) is 0 Å². The molecule has 0 spiro atoms. The van der Waals surface area contributed by atoms with Crippen LogP contribution in [0.2, 0.25) is 0 Å². The Labute approximate surface area is 68.8 Å². The Morgan fingerprint density at radius 1 is 1.25 bits per heavy atom. The van der Waals surface area contributed by atoms with Crippen molar-refractivity contribution in [1.82, 2.24) is 0 Å². The van der Waals surface area contributed by atoms with Crippen molar-refractivity contribution in [3.05, 3.63) is 0 Å². The molecule has 0 atom stereocenters. The summed E-state index contributed by atoms with van der Waals surface area (Å²) in [5.74, 6) is 0. The third-order valence-electron chi connectivity index (χ3n) is 0. The van der Waals surface area contributed by atoms with Gasteiger partial charge in [-0.3, -0.25) is 0 Å². The summed E-state index contributed by atoms with van der Waals surface area (Å²) >= 11 is 0. The monoisotopic (exact) mass is 147 g/mol. The third-order valence-corrected chi connectivity index (χ3v) is 0. The molecule has 0 amide bonds. The van der Waals surface area contributed by atoms with Crippen molar-refractivity contribution in [2.45, 2.75) is 0 Å². The van der Waals surface area contributed by atoms with Crippen molar-refractivity contribution in [3.63, 3.8) is 0 Å². The molecule has 0 saturated carbocycles. The molecule has 0 fully saturated rings. The molecule has 0 aromatic heterocycles. The summed E-state index contributed by atoms with van der Waals surface area (Å²) in [6.45, 7) is 0. The van der Waals surface area contributed by atoms with Gasteiger partial charge in [0.2, 0.25) is 0 Å². The van der Waals surface area contributed by atoms with Gasteiger partial charge in [-0.05, 0) is 11.0 Å².